The van der Waals surface area contributed by atoms with Crippen molar-refractivity contribution in [2.24, 2.45) is 0 Å². The summed E-state index contributed by atoms with van der Waals surface area (Å²) in [5.74, 6) is 1.11. The Labute approximate surface area is 153 Å². The molecule has 0 bridgehead atoms. The molecule has 0 saturated carbocycles. The minimum atomic E-state index is 1.04. The van der Waals surface area contributed by atoms with Gasteiger partial charge in [-0.25, -0.2) is 9.97 Å². The maximum Gasteiger partial charge on any atom is 0.140 e. The fourth-order valence-electron chi connectivity index (χ4n) is 3.43. The van der Waals surface area contributed by atoms with Gasteiger partial charge in [0.05, 0.1) is 5.39 Å². The Morgan fingerprint density at radius 3 is 2.60 bits per heavy atom. The average molecular weight is 353 g/mol. The Balaban J connectivity index is 1.39. The molecule has 0 N–H and O–H groups in total. The van der Waals surface area contributed by atoms with E-state index in [2.05, 4.69) is 63.1 Å². The van der Waals surface area contributed by atoms with E-state index in [4.69, 9.17) is 0 Å². The Morgan fingerprint density at radius 1 is 1.04 bits per heavy atom. The van der Waals surface area contributed by atoms with Gasteiger partial charge >= 0.3 is 0 Å². The molecule has 0 aliphatic carbocycles. The number of benzene rings is 1. The van der Waals surface area contributed by atoms with Crippen LogP contribution < -0.4 is 4.90 Å². The minimum Gasteiger partial charge on any atom is -0.353 e. The molecule has 0 radical (unpaired) electrons. The molecule has 0 unspecified atom stereocenters. The van der Waals surface area contributed by atoms with Crippen LogP contribution in [0, 0.1) is 0 Å². The summed E-state index contributed by atoms with van der Waals surface area (Å²) in [5, 5.41) is 1.22. The van der Waals surface area contributed by atoms with Crippen LogP contribution in [-0.2, 0) is 12.8 Å². The standard InChI is InChI=1S/C20H24N4S/c1-2-17-14-18-19(21-15-22-20(18)25-17)24-12-10-23(11-13-24)9-8-16-6-4-3-5-7-16/h3-7,14-15H,2,8-13H2,1H3. The number of nitrogens with zero attached hydrogens (tertiary/aromatic N) is 4. The van der Waals surface area contributed by atoms with Crippen LogP contribution in [0.3, 0.4) is 0 Å². The van der Waals surface area contributed by atoms with Gasteiger partial charge < -0.3 is 4.90 Å². The van der Waals surface area contributed by atoms with Crippen molar-refractivity contribution >= 4 is 27.4 Å². The quantitative estimate of drug-likeness (QED) is 0.702. The molecule has 3 heterocycles. The molecule has 130 valence electrons. The van der Waals surface area contributed by atoms with Gasteiger partial charge in [-0.05, 0) is 24.5 Å². The smallest absolute Gasteiger partial charge is 0.140 e. The van der Waals surface area contributed by atoms with Crippen LogP contribution in [0.25, 0.3) is 10.2 Å². The molecule has 0 spiro atoms. The van der Waals surface area contributed by atoms with Crippen molar-refractivity contribution in [2.75, 3.05) is 37.6 Å². The molecule has 3 aromatic rings. The van der Waals surface area contributed by atoms with Crippen molar-refractivity contribution in [3.8, 4) is 0 Å². The van der Waals surface area contributed by atoms with Gasteiger partial charge in [-0.15, -0.1) is 11.3 Å². The third-order valence-corrected chi connectivity index (χ3v) is 6.13. The molecule has 1 saturated heterocycles. The Kier molecular flexibility index (Phi) is 4.95. The van der Waals surface area contributed by atoms with Crippen LogP contribution in [0.2, 0.25) is 0 Å². The number of thiophene rings is 1. The van der Waals surface area contributed by atoms with Crippen LogP contribution in [-0.4, -0.2) is 47.6 Å². The molecule has 0 amide bonds. The summed E-state index contributed by atoms with van der Waals surface area (Å²) >= 11 is 1.79. The monoisotopic (exact) mass is 352 g/mol. The first-order valence-electron chi connectivity index (χ1n) is 9.08. The lowest BCUT2D eigenvalue weighted by Crippen LogP contribution is -2.47. The molecule has 1 aliphatic heterocycles. The first-order chi connectivity index (χ1) is 12.3. The topological polar surface area (TPSA) is 32.3 Å². The summed E-state index contributed by atoms with van der Waals surface area (Å²) in [6.07, 6.45) is 3.91. The molecule has 25 heavy (non-hydrogen) atoms. The van der Waals surface area contributed by atoms with Crippen LogP contribution in [0.4, 0.5) is 5.82 Å². The number of rotatable bonds is 5. The van der Waals surface area contributed by atoms with E-state index in [1.165, 1.54) is 15.8 Å². The summed E-state index contributed by atoms with van der Waals surface area (Å²) in [7, 11) is 0. The van der Waals surface area contributed by atoms with Gasteiger partial charge in [0.15, 0.2) is 0 Å². The molecule has 1 aliphatic rings. The summed E-state index contributed by atoms with van der Waals surface area (Å²) < 4.78 is 0. The van der Waals surface area contributed by atoms with Gasteiger partial charge in [0.25, 0.3) is 0 Å². The van der Waals surface area contributed by atoms with E-state index >= 15 is 0 Å². The van der Waals surface area contributed by atoms with Gasteiger partial charge in [-0.3, -0.25) is 4.90 Å². The normalized spacial score (nSPS) is 15.8. The molecular weight excluding hydrogens is 328 g/mol. The molecule has 5 heteroatoms. The number of fused-ring (bicyclic) bond motifs is 1. The second-order valence-corrected chi connectivity index (χ2v) is 7.66. The van der Waals surface area contributed by atoms with E-state index in [0.717, 1.165) is 56.2 Å². The van der Waals surface area contributed by atoms with Crippen molar-refractivity contribution in [1.82, 2.24) is 14.9 Å². The third-order valence-electron chi connectivity index (χ3n) is 4.94. The van der Waals surface area contributed by atoms with E-state index in [-0.39, 0.29) is 0 Å². The number of hydrogen-bond donors (Lipinski definition) is 0. The largest absolute Gasteiger partial charge is 0.353 e. The first kappa shape index (κ1) is 16.5. The number of aromatic nitrogens is 2. The molecule has 1 aromatic carbocycles. The third kappa shape index (κ3) is 3.67. The zero-order valence-electron chi connectivity index (χ0n) is 14.7. The van der Waals surface area contributed by atoms with Crippen LogP contribution in [0.5, 0.6) is 0 Å². The molecule has 2 aromatic heterocycles. The highest BCUT2D eigenvalue weighted by Crippen LogP contribution is 2.30. The number of hydrogen-bond acceptors (Lipinski definition) is 5. The fourth-order valence-corrected chi connectivity index (χ4v) is 4.36. The zero-order valence-corrected chi connectivity index (χ0v) is 15.5. The average Bonchev–Trinajstić information content (AvgIpc) is 3.11. The zero-order chi connectivity index (χ0) is 17.1. The number of anilines is 1. The molecular formula is C20H24N4S. The van der Waals surface area contributed by atoms with E-state index in [1.54, 1.807) is 17.7 Å². The Hall–Kier alpha value is -1.98. The maximum atomic E-state index is 4.60. The van der Waals surface area contributed by atoms with Gasteiger partial charge in [-0.1, -0.05) is 37.3 Å². The highest BCUT2D eigenvalue weighted by Gasteiger charge is 2.20. The lowest BCUT2D eigenvalue weighted by molar-refractivity contribution is 0.260. The van der Waals surface area contributed by atoms with Crippen molar-refractivity contribution < 1.29 is 0 Å². The van der Waals surface area contributed by atoms with Crippen molar-refractivity contribution in [3.05, 3.63) is 53.2 Å². The van der Waals surface area contributed by atoms with Gasteiger partial charge in [0.1, 0.15) is 17.0 Å². The number of aryl methyl sites for hydroxylation is 1. The van der Waals surface area contributed by atoms with Crippen molar-refractivity contribution in [3.63, 3.8) is 0 Å². The lowest BCUT2D eigenvalue weighted by atomic mass is 10.1. The van der Waals surface area contributed by atoms with E-state index in [1.807, 2.05) is 0 Å². The summed E-state index contributed by atoms with van der Waals surface area (Å²) in [6, 6.07) is 13.0. The molecule has 4 nitrogen and oxygen atoms in total. The van der Waals surface area contributed by atoms with Gasteiger partial charge in [0.2, 0.25) is 0 Å². The van der Waals surface area contributed by atoms with Crippen LogP contribution >= 0.6 is 11.3 Å². The van der Waals surface area contributed by atoms with E-state index < -0.39 is 0 Å². The Bertz CT molecular complexity index is 822. The first-order valence-corrected chi connectivity index (χ1v) is 9.90. The molecule has 4 rings (SSSR count). The summed E-state index contributed by atoms with van der Waals surface area (Å²) in [4.78, 5) is 16.5. The van der Waals surface area contributed by atoms with E-state index in [0.29, 0.717) is 0 Å². The van der Waals surface area contributed by atoms with E-state index in [9.17, 15) is 0 Å². The SMILES string of the molecule is CCc1cc2c(N3CCN(CCc4ccccc4)CC3)ncnc2s1. The summed E-state index contributed by atoms with van der Waals surface area (Å²) in [5.41, 5.74) is 1.42. The second-order valence-electron chi connectivity index (χ2n) is 6.55. The van der Waals surface area contributed by atoms with Crippen LogP contribution in [0.1, 0.15) is 17.4 Å². The lowest BCUT2D eigenvalue weighted by Gasteiger charge is -2.35. The Morgan fingerprint density at radius 2 is 1.84 bits per heavy atom. The minimum absolute atomic E-state index is 1.04. The summed E-state index contributed by atoms with van der Waals surface area (Å²) in [6.45, 7) is 7.61. The second kappa shape index (κ2) is 7.50. The fraction of sp³-hybridized carbons (Fsp3) is 0.400. The maximum absolute atomic E-state index is 4.60. The number of piperazine rings is 1. The predicted octanol–water partition coefficient (Wildman–Crippen LogP) is 3.62. The predicted molar refractivity (Wildman–Crippen MR) is 106 cm³/mol. The molecule has 1 fully saturated rings. The van der Waals surface area contributed by atoms with Crippen molar-refractivity contribution in [1.29, 1.82) is 0 Å². The molecule has 0 atom stereocenters. The van der Waals surface area contributed by atoms with Gasteiger partial charge in [-0.2, -0.15) is 0 Å². The highest BCUT2D eigenvalue weighted by molar-refractivity contribution is 7.18. The van der Waals surface area contributed by atoms with Crippen LogP contribution in [0.15, 0.2) is 42.7 Å². The van der Waals surface area contributed by atoms with Crippen molar-refractivity contribution in [2.45, 2.75) is 19.8 Å². The van der Waals surface area contributed by atoms with Gasteiger partial charge in [0, 0.05) is 37.6 Å². The highest BCUT2D eigenvalue weighted by atomic mass is 32.1.